The van der Waals surface area contributed by atoms with E-state index in [4.69, 9.17) is 0 Å². The molecule has 0 aromatic carbocycles. The molecule has 0 aliphatic carbocycles. The number of piperidine rings is 1. The van der Waals surface area contributed by atoms with Gasteiger partial charge in [0.2, 0.25) is 5.91 Å². The average molecular weight is 226 g/mol. The summed E-state index contributed by atoms with van der Waals surface area (Å²) in [4.78, 5) is 14.1. The van der Waals surface area contributed by atoms with Crippen LogP contribution in [0.3, 0.4) is 0 Å². The number of rotatable bonds is 2. The second kappa shape index (κ2) is 5.15. The molecule has 0 aromatic rings. The van der Waals surface area contributed by atoms with Gasteiger partial charge in [0.1, 0.15) is 0 Å². The lowest BCUT2D eigenvalue weighted by molar-refractivity contribution is -0.135. The van der Waals surface area contributed by atoms with E-state index in [0.29, 0.717) is 0 Å². The summed E-state index contributed by atoms with van der Waals surface area (Å²) >= 11 is 0. The summed E-state index contributed by atoms with van der Waals surface area (Å²) in [6.07, 6.45) is 2.78. The minimum atomic E-state index is -0.290. The third-order valence-electron chi connectivity index (χ3n) is 3.86. The lowest BCUT2D eigenvalue weighted by atomic mass is 9.98. The largest absolute Gasteiger partial charge is 0.393 e. The predicted molar refractivity (Wildman–Crippen MR) is 62.0 cm³/mol. The molecule has 2 aliphatic heterocycles. The SMILES string of the molecule is CC(O)C1CCN(C(=O)[C@@H]2CCCNC2)C1. The Morgan fingerprint density at radius 1 is 1.50 bits per heavy atom. The summed E-state index contributed by atoms with van der Waals surface area (Å²) in [6, 6.07) is 0. The molecule has 4 heteroatoms. The lowest BCUT2D eigenvalue weighted by Gasteiger charge is -2.27. The van der Waals surface area contributed by atoms with Gasteiger partial charge in [0.15, 0.2) is 0 Å². The molecule has 4 nitrogen and oxygen atoms in total. The van der Waals surface area contributed by atoms with Crippen LogP contribution in [0.25, 0.3) is 0 Å². The minimum Gasteiger partial charge on any atom is -0.393 e. The van der Waals surface area contributed by atoms with Crippen LogP contribution in [0.5, 0.6) is 0 Å². The third kappa shape index (κ3) is 2.55. The molecule has 2 rings (SSSR count). The molecule has 1 amide bonds. The highest BCUT2D eigenvalue weighted by Gasteiger charge is 2.32. The predicted octanol–water partition coefficient (Wildman–Crippen LogP) is 0.215. The van der Waals surface area contributed by atoms with Gasteiger partial charge < -0.3 is 15.3 Å². The van der Waals surface area contributed by atoms with Crippen molar-refractivity contribution in [3.8, 4) is 0 Å². The Balaban J connectivity index is 1.86. The summed E-state index contributed by atoms with van der Waals surface area (Å²) in [5.74, 6) is 0.734. The first-order chi connectivity index (χ1) is 7.68. The molecule has 0 bridgehead atoms. The minimum absolute atomic E-state index is 0.168. The lowest BCUT2D eigenvalue weighted by Crippen LogP contribution is -2.42. The van der Waals surface area contributed by atoms with Crippen LogP contribution in [-0.4, -0.2) is 48.2 Å². The maximum absolute atomic E-state index is 12.2. The van der Waals surface area contributed by atoms with E-state index < -0.39 is 0 Å². The monoisotopic (exact) mass is 226 g/mol. The third-order valence-corrected chi connectivity index (χ3v) is 3.86. The van der Waals surface area contributed by atoms with Crippen LogP contribution in [0.15, 0.2) is 0 Å². The van der Waals surface area contributed by atoms with Crippen molar-refractivity contribution in [3.05, 3.63) is 0 Å². The summed E-state index contributed by atoms with van der Waals surface area (Å²) in [6.45, 7) is 5.26. The first kappa shape index (κ1) is 11.9. The number of aliphatic hydroxyl groups excluding tert-OH is 1. The van der Waals surface area contributed by atoms with Gasteiger partial charge in [-0.2, -0.15) is 0 Å². The summed E-state index contributed by atoms with van der Waals surface area (Å²) in [5.41, 5.74) is 0. The molecule has 16 heavy (non-hydrogen) atoms. The molecule has 0 spiro atoms. The zero-order valence-corrected chi connectivity index (χ0v) is 9.98. The standard InChI is InChI=1S/C12H22N2O2/c1-9(15)11-4-6-14(8-11)12(16)10-3-2-5-13-7-10/h9-11,13,15H,2-8H2,1H3/t9?,10-,11?/m1/s1. The Morgan fingerprint density at radius 2 is 2.31 bits per heavy atom. The van der Waals surface area contributed by atoms with Crippen molar-refractivity contribution < 1.29 is 9.90 Å². The van der Waals surface area contributed by atoms with Crippen molar-refractivity contribution in [2.45, 2.75) is 32.3 Å². The van der Waals surface area contributed by atoms with Gasteiger partial charge in [0, 0.05) is 25.6 Å². The number of hydrogen-bond donors (Lipinski definition) is 2. The Hall–Kier alpha value is -0.610. The van der Waals surface area contributed by atoms with Gasteiger partial charge in [-0.1, -0.05) is 0 Å². The normalized spacial score (nSPS) is 32.8. The van der Waals surface area contributed by atoms with E-state index in [1.165, 1.54) is 0 Å². The second-order valence-corrected chi connectivity index (χ2v) is 5.12. The van der Waals surface area contributed by atoms with Crippen molar-refractivity contribution >= 4 is 5.91 Å². The molecular weight excluding hydrogens is 204 g/mol. The highest BCUT2D eigenvalue weighted by Crippen LogP contribution is 2.23. The van der Waals surface area contributed by atoms with Crippen molar-refractivity contribution in [2.24, 2.45) is 11.8 Å². The van der Waals surface area contributed by atoms with Gasteiger partial charge in [-0.15, -0.1) is 0 Å². The average Bonchev–Trinajstić information content (AvgIpc) is 2.78. The zero-order valence-electron chi connectivity index (χ0n) is 9.98. The van der Waals surface area contributed by atoms with Crippen LogP contribution in [-0.2, 0) is 4.79 Å². The van der Waals surface area contributed by atoms with Gasteiger partial charge in [-0.25, -0.2) is 0 Å². The quantitative estimate of drug-likeness (QED) is 0.708. The van der Waals surface area contributed by atoms with Crippen LogP contribution >= 0.6 is 0 Å². The molecule has 92 valence electrons. The van der Waals surface area contributed by atoms with E-state index in [2.05, 4.69) is 5.32 Å². The molecular formula is C12H22N2O2. The number of hydrogen-bond acceptors (Lipinski definition) is 3. The molecule has 3 atom stereocenters. The van der Waals surface area contributed by atoms with Crippen molar-refractivity contribution in [3.63, 3.8) is 0 Å². The number of aliphatic hydroxyl groups is 1. The Bertz CT molecular complexity index is 249. The molecule has 2 heterocycles. The molecule has 0 radical (unpaired) electrons. The van der Waals surface area contributed by atoms with Crippen LogP contribution in [0, 0.1) is 11.8 Å². The molecule has 2 N–H and O–H groups in total. The maximum atomic E-state index is 12.2. The molecule has 2 unspecified atom stereocenters. The van der Waals surface area contributed by atoms with E-state index in [9.17, 15) is 9.90 Å². The van der Waals surface area contributed by atoms with Crippen molar-refractivity contribution in [1.29, 1.82) is 0 Å². The van der Waals surface area contributed by atoms with E-state index in [1.54, 1.807) is 0 Å². The fourth-order valence-corrected chi connectivity index (χ4v) is 2.70. The van der Waals surface area contributed by atoms with Gasteiger partial charge in [-0.05, 0) is 32.7 Å². The first-order valence-corrected chi connectivity index (χ1v) is 6.36. The molecule has 0 saturated carbocycles. The van der Waals surface area contributed by atoms with Crippen LogP contribution in [0.1, 0.15) is 26.2 Å². The van der Waals surface area contributed by atoms with Gasteiger partial charge in [-0.3, -0.25) is 4.79 Å². The Labute approximate surface area is 97.0 Å². The first-order valence-electron chi connectivity index (χ1n) is 6.36. The van der Waals surface area contributed by atoms with Crippen LogP contribution in [0.2, 0.25) is 0 Å². The van der Waals surface area contributed by atoms with E-state index in [1.807, 2.05) is 11.8 Å². The second-order valence-electron chi connectivity index (χ2n) is 5.12. The number of nitrogens with zero attached hydrogens (tertiary/aromatic N) is 1. The van der Waals surface area contributed by atoms with E-state index in [0.717, 1.165) is 45.4 Å². The highest BCUT2D eigenvalue weighted by atomic mass is 16.3. The van der Waals surface area contributed by atoms with Gasteiger partial charge in [0.05, 0.1) is 12.0 Å². The maximum Gasteiger partial charge on any atom is 0.226 e. The summed E-state index contributed by atoms with van der Waals surface area (Å²) < 4.78 is 0. The van der Waals surface area contributed by atoms with Gasteiger partial charge >= 0.3 is 0 Å². The van der Waals surface area contributed by atoms with Crippen LogP contribution in [0.4, 0.5) is 0 Å². The smallest absolute Gasteiger partial charge is 0.226 e. The molecule has 2 aliphatic rings. The summed E-state index contributed by atoms with van der Waals surface area (Å²) in [5, 5.41) is 12.8. The van der Waals surface area contributed by atoms with Gasteiger partial charge in [0.25, 0.3) is 0 Å². The number of carbonyl (C=O) groups is 1. The highest BCUT2D eigenvalue weighted by molar-refractivity contribution is 5.79. The fraction of sp³-hybridized carbons (Fsp3) is 0.917. The van der Waals surface area contributed by atoms with Crippen LogP contribution < -0.4 is 5.32 Å². The van der Waals surface area contributed by atoms with Crippen molar-refractivity contribution in [1.82, 2.24) is 10.2 Å². The number of nitrogens with one attached hydrogen (secondary N) is 1. The van der Waals surface area contributed by atoms with E-state index >= 15 is 0 Å². The Morgan fingerprint density at radius 3 is 2.88 bits per heavy atom. The number of carbonyl (C=O) groups excluding carboxylic acids is 1. The zero-order chi connectivity index (χ0) is 11.5. The van der Waals surface area contributed by atoms with E-state index in [-0.39, 0.29) is 23.8 Å². The topological polar surface area (TPSA) is 52.6 Å². The molecule has 2 saturated heterocycles. The fourth-order valence-electron chi connectivity index (χ4n) is 2.70. The number of amides is 1. The molecule has 0 aromatic heterocycles. The number of likely N-dealkylation sites (tertiary alicyclic amines) is 1. The molecule has 2 fully saturated rings. The Kier molecular flexibility index (Phi) is 3.82. The van der Waals surface area contributed by atoms with Crippen molar-refractivity contribution in [2.75, 3.05) is 26.2 Å². The summed E-state index contributed by atoms with van der Waals surface area (Å²) in [7, 11) is 0.